The van der Waals surface area contributed by atoms with Gasteiger partial charge in [-0.25, -0.2) is 4.39 Å². The Kier molecular flexibility index (Phi) is 6.44. The number of anilines is 1. The highest BCUT2D eigenvalue weighted by Crippen LogP contribution is 2.21. The lowest BCUT2D eigenvalue weighted by Gasteiger charge is -2.09. The van der Waals surface area contributed by atoms with E-state index in [1.165, 1.54) is 18.4 Å². The Hall–Kier alpha value is -3.13. The molecule has 144 valence electrons. The summed E-state index contributed by atoms with van der Waals surface area (Å²) in [7, 11) is 0. The number of hydrogen-bond donors (Lipinski definition) is 2. The molecule has 28 heavy (non-hydrogen) atoms. The third kappa shape index (κ3) is 5.43. The molecular formula is C20H16BrFN2O4. The van der Waals surface area contributed by atoms with Crippen LogP contribution in [0.3, 0.4) is 0 Å². The molecule has 0 saturated heterocycles. The van der Waals surface area contributed by atoms with Crippen molar-refractivity contribution >= 4 is 33.4 Å². The highest BCUT2D eigenvalue weighted by Gasteiger charge is 2.09. The van der Waals surface area contributed by atoms with Crippen LogP contribution >= 0.6 is 15.9 Å². The lowest BCUT2D eigenvalue weighted by Crippen LogP contribution is -2.28. The summed E-state index contributed by atoms with van der Waals surface area (Å²) in [6.45, 7) is -0.0206. The smallest absolute Gasteiger partial charge is 0.291 e. The van der Waals surface area contributed by atoms with E-state index in [2.05, 4.69) is 26.6 Å². The summed E-state index contributed by atoms with van der Waals surface area (Å²) in [6.07, 6.45) is 1.43. The average Bonchev–Trinajstić information content (AvgIpc) is 3.22. The SMILES string of the molecule is O=C(COc1ccc(Br)cc1F)NCc1ccc(NC(=O)c2ccco2)cc1. The first-order chi connectivity index (χ1) is 13.5. The molecule has 2 amide bonds. The zero-order valence-corrected chi connectivity index (χ0v) is 16.2. The zero-order valence-electron chi connectivity index (χ0n) is 14.6. The quantitative estimate of drug-likeness (QED) is 0.571. The molecule has 0 fully saturated rings. The molecule has 0 aliphatic rings. The molecule has 6 nitrogen and oxygen atoms in total. The third-order valence-electron chi connectivity index (χ3n) is 3.70. The predicted molar refractivity (Wildman–Crippen MR) is 105 cm³/mol. The Morgan fingerprint density at radius 2 is 1.89 bits per heavy atom. The fourth-order valence-corrected chi connectivity index (χ4v) is 2.63. The number of amides is 2. The van der Waals surface area contributed by atoms with Gasteiger partial charge >= 0.3 is 0 Å². The van der Waals surface area contributed by atoms with Crippen molar-refractivity contribution in [2.75, 3.05) is 11.9 Å². The Labute approximate surface area is 168 Å². The number of benzene rings is 2. The minimum Gasteiger partial charge on any atom is -0.481 e. The first-order valence-corrected chi connectivity index (χ1v) is 9.09. The molecule has 3 rings (SSSR count). The Morgan fingerprint density at radius 3 is 2.57 bits per heavy atom. The molecule has 0 aliphatic heterocycles. The number of hydrogen-bond acceptors (Lipinski definition) is 4. The molecule has 1 heterocycles. The summed E-state index contributed by atoms with van der Waals surface area (Å²) in [5.74, 6) is -1.04. The molecule has 2 aromatic carbocycles. The van der Waals surface area contributed by atoms with Gasteiger partial charge in [0.15, 0.2) is 23.9 Å². The van der Waals surface area contributed by atoms with Crippen LogP contribution in [0.25, 0.3) is 0 Å². The Balaban J connectivity index is 1.45. The van der Waals surface area contributed by atoms with Crippen molar-refractivity contribution in [1.29, 1.82) is 0 Å². The Morgan fingerprint density at radius 1 is 1.11 bits per heavy atom. The van der Waals surface area contributed by atoms with Crippen molar-refractivity contribution in [2.45, 2.75) is 6.54 Å². The molecule has 3 aromatic rings. The number of carbonyl (C=O) groups is 2. The second-order valence-electron chi connectivity index (χ2n) is 5.77. The van der Waals surface area contributed by atoms with Crippen LogP contribution in [0.4, 0.5) is 10.1 Å². The van der Waals surface area contributed by atoms with Crippen molar-refractivity contribution in [3.8, 4) is 5.75 Å². The lowest BCUT2D eigenvalue weighted by atomic mass is 10.2. The van der Waals surface area contributed by atoms with Crippen molar-refractivity contribution in [3.05, 3.63) is 82.5 Å². The van der Waals surface area contributed by atoms with Gasteiger partial charge in [0.05, 0.1) is 6.26 Å². The van der Waals surface area contributed by atoms with Crippen LogP contribution in [0.2, 0.25) is 0 Å². The molecule has 0 radical (unpaired) electrons. The van der Waals surface area contributed by atoms with Gasteiger partial charge in [0.1, 0.15) is 0 Å². The van der Waals surface area contributed by atoms with E-state index in [4.69, 9.17) is 9.15 Å². The van der Waals surface area contributed by atoms with Gasteiger partial charge in [0, 0.05) is 16.7 Å². The van der Waals surface area contributed by atoms with E-state index < -0.39 is 5.82 Å². The van der Waals surface area contributed by atoms with E-state index in [0.717, 1.165) is 5.56 Å². The maximum atomic E-state index is 13.6. The van der Waals surface area contributed by atoms with Gasteiger partial charge in [0.2, 0.25) is 0 Å². The summed E-state index contributed by atoms with van der Waals surface area (Å²) in [5, 5.41) is 5.39. The maximum absolute atomic E-state index is 13.6. The predicted octanol–water partition coefficient (Wildman–Crippen LogP) is 4.13. The molecular weight excluding hydrogens is 431 g/mol. The fourth-order valence-electron chi connectivity index (χ4n) is 2.29. The first-order valence-electron chi connectivity index (χ1n) is 8.29. The van der Waals surface area contributed by atoms with Gasteiger partial charge in [-0.2, -0.15) is 0 Å². The summed E-state index contributed by atoms with van der Waals surface area (Å²) in [6, 6.07) is 14.5. The van der Waals surface area contributed by atoms with Crippen LogP contribution in [0.5, 0.6) is 5.75 Å². The van der Waals surface area contributed by atoms with Gasteiger partial charge in [0.25, 0.3) is 11.8 Å². The minimum atomic E-state index is -0.547. The number of rotatable bonds is 7. The molecule has 2 N–H and O–H groups in total. The molecule has 0 bridgehead atoms. The normalized spacial score (nSPS) is 10.4. The second kappa shape index (κ2) is 9.18. The molecule has 0 aliphatic carbocycles. The van der Waals surface area contributed by atoms with Crippen molar-refractivity contribution < 1.29 is 23.1 Å². The highest BCUT2D eigenvalue weighted by molar-refractivity contribution is 9.10. The molecule has 1 aromatic heterocycles. The van der Waals surface area contributed by atoms with Crippen molar-refractivity contribution in [1.82, 2.24) is 5.32 Å². The van der Waals surface area contributed by atoms with Gasteiger partial charge in [-0.1, -0.05) is 28.1 Å². The number of furan rings is 1. The van der Waals surface area contributed by atoms with E-state index in [0.29, 0.717) is 10.2 Å². The van der Waals surface area contributed by atoms with E-state index >= 15 is 0 Å². The topological polar surface area (TPSA) is 80.6 Å². The van der Waals surface area contributed by atoms with Crippen LogP contribution in [-0.4, -0.2) is 18.4 Å². The Bertz CT molecular complexity index is 959. The van der Waals surface area contributed by atoms with Crippen molar-refractivity contribution in [3.63, 3.8) is 0 Å². The van der Waals surface area contributed by atoms with Gasteiger partial charge < -0.3 is 19.8 Å². The molecule has 0 saturated carbocycles. The maximum Gasteiger partial charge on any atom is 0.291 e. The van der Waals surface area contributed by atoms with E-state index in [1.54, 1.807) is 42.5 Å². The summed E-state index contributed by atoms with van der Waals surface area (Å²) in [4.78, 5) is 23.8. The van der Waals surface area contributed by atoms with E-state index in [9.17, 15) is 14.0 Å². The van der Waals surface area contributed by atoms with Gasteiger partial charge in [-0.3, -0.25) is 9.59 Å². The van der Waals surface area contributed by atoms with E-state index in [-0.39, 0.29) is 36.5 Å². The second-order valence-corrected chi connectivity index (χ2v) is 6.68. The van der Waals surface area contributed by atoms with E-state index in [1.807, 2.05) is 0 Å². The van der Waals surface area contributed by atoms with Crippen LogP contribution in [-0.2, 0) is 11.3 Å². The monoisotopic (exact) mass is 446 g/mol. The number of ether oxygens (including phenoxy) is 1. The zero-order chi connectivity index (χ0) is 19.9. The fraction of sp³-hybridized carbons (Fsp3) is 0.100. The van der Waals surface area contributed by atoms with Gasteiger partial charge in [-0.05, 0) is 48.0 Å². The average molecular weight is 447 g/mol. The van der Waals surface area contributed by atoms with Crippen LogP contribution in [0.1, 0.15) is 16.1 Å². The first kappa shape index (κ1) is 19.6. The molecule has 8 heteroatoms. The van der Waals surface area contributed by atoms with Gasteiger partial charge in [-0.15, -0.1) is 0 Å². The minimum absolute atomic E-state index is 0.00926. The van der Waals surface area contributed by atoms with Crippen molar-refractivity contribution in [2.24, 2.45) is 0 Å². The molecule has 0 spiro atoms. The number of nitrogens with one attached hydrogen (secondary N) is 2. The summed E-state index contributed by atoms with van der Waals surface area (Å²) >= 11 is 3.15. The lowest BCUT2D eigenvalue weighted by molar-refractivity contribution is -0.123. The standard InChI is InChI=1S/C20H16BrFN2O4/c21-14-5-8-17(16(22)10-14)28-12-19(25)23-11-13-3-6-15(7-4-13)24-20(26)18-2-1-9-27-18/h1-10H,11-12H2,(H,23,25)(H,24,26). The summed E-state index contributed by atoms with van der Waals surface area (Å²) in [5.41, 5.74) is 1.43. The largest absolute Gasteiger partial charge is 0.481 e. The molecule has 0 atom stereocenters. The van der Waals surface area contributed by atoms with Crippen LogP contribution < -0.4 is 15.4 Å². The highest BCUT2D eigenvalue weighted by atomic mass is 79.9. The molecule has 0 unspecified atom stereocenters. The van der Waals surface area contributed by atoms with Crippen LogP contribution in [0, 0.1) is 5.82 Å². The third-order valence-corrected chi connectivity index (χ3v) is 4.19. The van der Waals surface area contributed by atoms with Crippen LogP contribution in [0.15, 0.2) is 69.8 Å². The summed E-state index contributed by atoms with van der Waals surface area (Å²) < 4.78 is 24.4. The number of carbonyl (C=O) groups excluding carboxylic acids is 2. The number of halogens is 2.